The van der Waals surface area contributed by atoms with Crippen molar-refractivity contribution >= 4 is 28.5 Å². The third kappa shape index (κ3) is 3.67. The first-order valence-electron chi connectivity index (χ1n) is 9.55. The summed E-state index contributed by atoms with van der Waals surface area (Å²) in [5.41, 5.74) is 3.93. The van der Waals surface area contributed by atoms with Gasteiger partial charge in [-0.05, 0) is 44.5 Å². The Morgan fingerprint density at radius 1 is 1.00 bits per heavy atom. The van der Waals surface area contributed by atoms with Gasteiger partial charge < -0.3 is 10.6 Å². The van der Waals surface area contributed by atoms with Gasteiger partial charge in [0.1, 0.15) is 5.82 Å². The van der Waals surface area contributed by atoms with Crippen LogP contribution in [0.5, 0.6) is 0 Å². The van der Waals surface area contributed by atoms with Crippen molar-refractivity contribution in [1.29, 1.82) is 0 Å². The number of fused-ring (bicyclic) bond motifs is 1. The highest BCUT2D eigenvalue weighted by Gasteiger charge is 2.15. The van der Waals surface area contributed by atoms with Crippen molar-refractivity contribution in [1.82, 2.24) is 19.7 Å². The topological polar surface area (TPSA) is 67.7 Å². The summed E-state index contributed by atoms with van der Waals surface area (Å²) < 4.78 is 1.85. The number of hydrogen-bond acceptors (Lipinski definition) is 5. The Balaban J connectivity index is 1.82. The summed E-state index contributed by atoms with van der Waals surface area (Å²) in [5, 5.41) is 12.3. The van der Waals surface area contributed by atoms with E-state index in [9.17, 15) is 0 Å². The molecule has 4 aromatic rings. The summed E-state index contributed by atoms with van der Waals surface area (Å²) in [6.07, 6.45) is 2.80. The molecule has 0 bridgehead atoms. The lowest BCUT2D eigenvalue weighted by molar-refractivity contribution is 0.753. The van der Waals surface area contributed by atoms with Gasteiger partial charge in [0, 0.05) is 11.7 Å². The van der Waals surface area contributed by atoms with Gasteiger partial charge in [0.15, 0.2) is 5.65 Å². The number of nitrogens with zero attached hydrogens (tertiary/aromatic N) is 4. The molecule has 0 radical (unpaired) electrons. The molecule has 0 fully saturated rings. The minimum Gasteiger partial charge on any atom is -0.352 e. The monoisotopic (exact) mass is 372 g/mol. The average Bonchev–Trinajstić information content (AvgIpc) is 3.14. The molecule has 0 aliphatic heterocycles. The zero-order chi connectivity index (χ0) is 19.5. The molecule has 6 nitrogen and oxygen atoms in total. The van der Waals surface area contributed by atoms with Crippen LogP contribution in [0.25, 0.3) is 16.7 Å². The van der Waals surface area contributed by atoms with E-state index in [2.05, 4.69) is 48.6 Å². The molecule has 142 valence electrons. The normalized spacial score (nSPS) is 12.1. The van der Waals surface area contributed by atoms with Crippen molar-refractivity contribution in [2.75, 3.05) is 10.6 Å². The number of para-hydroxylation sites is 1. The third-order valence-electron chi connectivity index (χ3n) is 4.73. The fraction of sp³-hybridized carbons (Fsp3) is 0.227. The van der Waals surface area contributed by atoms with Crippen molar-refractivity contribution < 1.29 is 0 Å². The summed E-state index contributed by atoms with van der Waals surface area (Å²) in [6, 6.07) is 18.5. The molecule has 0 saturated carbocycles. The Bertz CT molecular complexity index is 1070. The predicted octanol–water partition coefficient (Wildman–Crippen LogP) is 5.08. The molecule has 4 rings (SSSR count). The molecule has 0 spiro atoms. The smallest absolute Gasteiger partial charge is 0.226 e. The first kappa shape index (κ1) is 18.0. The number of aryl methyl sites for hydroxylation is 1. The highest BCUT2D eigenvalue weighted by molar-refractivity contribution is 5.90. The maximum absolute atomic E-state index is 4.75. The van der Waals surface area contributed by atoms with Crippen LogP contribution < -0.4 is 10.6 Å². The highest BCUT2D eigenvalue weighted by atomic mass is 15.3. The number of hydrogen-bond donors (Lipinski definition) is 2. The summed E-state index contributed by atoms with van der Waals surface area (Å²) in [7, 11) is 0. The van der Waals surface area contributed by atoms with Gasteiger partial charge in [0.2, 0.25) is 5.95 Å². The Kier molecular flexibility index (Phi) is 4.93. The summed E-state index contributed by atoms with van der Waals surface area (Å²) in [5.74, 6) is 1.33. The number of rotatable bonds is 6. The Morgan fingerprint density at radius 3 is 2.46 bits per heavy atom. The zero-order valence-electron chi connectivity index (χ0n) is 16.3. The lowest BCUT2D eigenvalue weighted by Crippen LogP contribution is -2.16. The number of nitrogens with one attached hydrogen (secondary N) is 2. The molecular formula is C22H24N6. The van der Waals surface area contributed by atoms with E-state index in [0.29, 0.717) is 5.95 Å². The molecule has 0 amide bonds. The second kappa shape index (κ2) is 7.68. The summed E-state index contributed by atoms with van der Waals surface area (Å²) in [4.78, 5) is 9.48. The molecule has 2 N–H and O–H groups in total. The van der Waals surface area contributed by atoms with Crippen LogP contribution in [0, 0.1) is 6.92 Å². The number of anilines is 3. The van der Waals surface area contributed by atoms with Gasteiger partial charge in [-0.1, -0.05) is 42.8 Å². The van der Waals surface area contributed by atoms with E-state index < -0.39 is 0 Å². The van der Waals surface area contributed by atoms with E-state index in [1.165, 1.54) is 5.56 Å². The van der Waals surface area contributed by atoms with Gasteiger partial charge in [-0.3, -0.25) is 0 Å². The fourth-order valence-corrected chi connectivity index (χ4v) is 2.92. The van der Waals surface area contributed by atoms with Crippen molar-refractivity contribution in [3.8, 4) is 5.69 Å². The molecule has 2 aromatic heterocycles. The van der Waals surface area contributed by atoms with Crippen molar-refractivity contribution in [2.45, 2.75) is 33.2 Å². The van der Waals surface area contributed by atoms with Crippen LogP contribution in [0.3, 0.4) is 0 Å². The lowest BCUT2D eigenvalue weighted by atomic mass is 10.2. The van der Waals surface area contributed by atoms with E-state index in [0.717, 1.165) is 34.6 Å². The molecule has 6 heteroatoms. The van der Waals surface area contributed by atoms with Gasteiger partial charge in [-0.25, -0.2) is 4.68 Å². The highest BCUT2D eigenvalue weighted by Crippen LogP contribution is 2.27. The van der Waals surface area contributed by atoms with Crippen molar-refractivity contribution in [3.63, 3.8) is 0 Å². The van der Waals surface area contributed by atoms with Crippen LogP contribution in [-0.2, 0) is 0 Å². The van der Waals surface area contributed by atoms with Crippen LogP contribution in [0.2, 0.25) is 0 Å². The number of benzene rings is 2. The molecule has 0 aliphatic rings. The third-order valence-corrected chi connectivity index (χ3v) is 4.73. The summed E-state index contributed by atoms with van der Waals surface area (Å²) >= 11 is 0. The van der Waals surface area contributed by atoms with E-state index in [1.54, 1.807) is 0 Å². The average molecular weight is 372 g/mol. The van der Waals surface area contributed by atoms with Crippen molar-refractivity contribution in [3.05, 3.63) is 66.4 Å². The van der Waals surface area contributed by atoms with E-state index in [4.69, 9.17) is 9.97 Å². The molecule has 2 heterocycles. The molecule has 1 unspecified atom stereocenters. The molecule has 0 saturated heterocycles. The minimum atomic E-state index is 0.276. The second-order valence-electron chi connectivity index (χ2n) is 6.97. The molecule has 0 aliphatic carbocycles. The quantitative estimate of drug-likeness (QED) is 0.494. The maximum atomic E-state index is 4.75. The second-order valence-corrected chi connectivity index (χ2v) is 6.97. The first-order valence-corrected chi connectivity index (χ1v) is 9.55. The van der Waals surface area contributed by atoms with Gasteiger partial charge in [-0.2, -0.15) is 15.1 Å². The van der Waals surface area contributed by atoms with Gasteiger partial charge in [0.25, 0.3) is 0 Å². The standard InChI is InChI=1S/C22H24N6/c1-4-16(3)24-22-26-20(25-17-12-10-15(2)11-13-17)19-14-23-28(21(19)27-22)18-8-6-5-7-9-18/h5-14,16H,4H2,1-3H3,(H2,24,25,26,27). The SMILES string of the molecule is CCC(C)Nc1nc(Nc2ccc(C)cc2)c2cnn(-c3ccccc3)c2n1. The largest absolute Gasteiger partial charge is 0.352 e. The maximum Gasteiger partial charge on any atom is 0.226 e. The van der Waals surface area contributed by atoms with Crippen molar-refractivity contribution in [2.24, 2.45) is 0 Å². The lowest BCUT2D eigenvalue weighted by Gasteiger charge is -2.14. The van der Waals surface area contributed by atoms with E-state index in [-0.39, 0.29) is 6.04 Å². The fourth-order valence-electron chi connectivity index (χ4n) is 2.92. The predicted molar refractivity (Wildman–Crippen MR) is 114 cm³/mol. The summed E-state index contributed by atoms with van der Waals surface area (Å²) in [6.45, 7) is 6.33. The molecular weight excluding hydrogens is 348 g/mol. The molecule has 2 aromatic carbocycles. The van der Waals surface area contributed by atoms with Crippen LogP contribution in [0.15, 0.2) is 60.8 Å². The number of aromatic nitrogens is 4. The van der Waals surface area contributed by atoms with E-state index in [1.807, 2.05) is 53.3 Å². The first-order chi connectivity index (χ1) is 13.6. The van der Waals surface area contributed by atoms with Gasteiger partial charge in [-0.15, -0.1) is 0 Å². The van der Waals surface area contributed by atoms with Crippen LogP contribution >= 0.6 is 0 Å². The minimum absolute atomic E-state index is 0.276. The molecule has 1 atom stereocenters. The Morgan fingerprint density at radius 2 is 1.75 bits per heavy atom. The van der Waals surface area contributed by atoms with Crippen LogP contribution in [0.4, 0.5) is 17.5 Å². The van der Waals surface area contributed by atoms with Crippen LogP contribution in [-0.4, -0.2) is 25.8 Å². The van der Waals surface area contributed by atoms with E-state index >= 15 is 0 Å². The van der Waals surface area contributed by atoms with Gasteiger partial charge in [0.05, 0.1) is 17.3 Å². The van der Waals surface area contributed by atoms with Gasteiger partial charge >= 0.3 is 0 Å². The Labute approximate surface area is 164 Å². The Hall–Kier alpha value is -3.41. The van der Waals surface area contributed by atoms with Crippen LogP contribution in [0.1, 0.15) is 25.8 Å². The zero-order valence-corrected chi connectivity index (χ0v) is 16.3. The molecule has 28 heavy (non-hydrogen) atoms.